The number of carbonyl (C=O) groups is 4. The Kier molecular flexibility index (Phi) is 15.5. The Balaban J connectivity index is 1.38. The maximum absolute atomic E-state index is 14.6. The van der Waals surface area contributed by atoms with Gasteiger partial charge in [-0.3, -0.25) is 14.6 Å². The van der Waals surface area contributed by atoms with Gasteiger partial charge in [-0.15, -0.1) is 0 Å². The number of aliphatic hydroxyl groups excluding tert-OH is 1. The largest absolute Gasteiger partial charge is 0.453 e. The van der Waals surface area contributed by atoms with Gasteiger partial charge in [0.15, 0.2) is 0 Å². The minimum atomic E-state index is -1.09. The molecule has 0 bridgehead atoms. The maximum Gasteiger partial charge on any atom is 0.406 e. The van der Waals surface area contributed by atoms with Gasteiger partial charge in [0.25, 0.3) is 0 Å². The monoisotopic (exact) mass is 818 g/mol. The minimum absolute atomic E-state index is 0.101. The van der Waals surface area contributed by atoms with Crippen molar-refractivity contribution in [2.75, 3.05) is 26.7 Å². The van der Waals surface area contributed by atoms with E-state index in [2.05, 4.69) is 20.9 Å². The molecule has 1 aliphatic heterocycles. The number of aromatic nitrogens is 1. The van der Waals surface area contributed by atoms with Gasteiger partial charge in [0.1, 0.15) is 6.04 Å². The average Bonchev–Trinajstić information content (AvgIpc) is 3.55. The first kappa shape index (κ1) is 45.3. The number of amides is 5. The molecule has 1 fully saturated rings. The van der Waals surface area contributed by atoms with Crippen LogP contribution < -0.4 is 16.0 Å². The van der Waals surface area contributed by atoms with Gasteiger partial charge in [-0.25, -0.2) is 9.59 Å². The van der Waals surface area contributed by atoms with E-state index in [9.17, 15) is 24.3 Å². The van der Waals surface area contributed by atoms with Gasteiger partial charge in [-0.1, -0.05) is 126 Å². The number of carbonyl (C=O) groups excluding carboxylic acids is 4. The Labute approximate surface area is 355 Å². The average molecular weight is 819 g/mol. The lowest BCUT2D eigenvalue weighted by atomic mass is 9.84. The Morgan fingerprint density at radius 3 is 2.05 bits per heavy atom. The molecule has 5 rings (SSSR count). The van der Waals surface area contributed by atoms with Gasteiger partial charge in [0, 0.05) is 50.4 Å². The molecule has 4 aromatic rings. The van der Waals surface area contributed by atoms with Crippen molar-refractivity contribution in [2.45, 2.75) is 98.0 Å². The van der Waals surface area contributed by atoms with Crippen molar-refractivity contribution in [3.63, 3.8) is 0 Å². The van der Waals surface area contributed by atoms with Crippen LogP contribution in [0.2, 0.25) is 0 Å². The lowest BCUT2D eigenvalue weighted by Gasteiger charge is -2.38. The zero-order chi connectivity index (χ0) is 43.5. The van der Waals surface area contributed by atoms with Crippen LogP contribution in [0.15, 0.2) is 103 Å². The molecule has 12 heteroatoms. The number of rotatable bonds is 18. The molecule has 12 nitrogen and oxygen atoms in total. The summed E-state index contributed by atoms with van der Waals surface area (Å²) in [6, 6.07) is 29.1. The second-order valence-electron chi connectivity index (χ2n) is 17.8. The highest BCUT2D eigenvalue weighted by Gasteiger charge is 2.44. The Morgan fingerprint density at radius 2 is 1.45 bits per heavy atom. The SMILES string of the molecule is COC(=O)NCC(C)(C)CC(=O)NC(Cc1ccc(-c2ccc(C)cn2)cc1)CC(O)C(Cc1ccccc1)NC(=O)C(N1CCN(Cc2ccccc2)C1=O)C(C)(C)C. The van der Waals surface area contributed by atoms with E-state index in [4.69, 9.17) is 4.74 Å². The van der Waals surface area contributed by atoms with E-state index >= 15 is 0 Å². The second kappa shape index (κ2) is 20.5. The molecule has 1 saturated heterocycles. The van der Waals surface area contributed by atoms with Crippen molar-refractivity contribution in [1.82, 2.24) is 30.7 Å². The molecule has 4 N–H and O–H groups in total. The van der Waals surface area contributed by atoms with Crippen molar-refractivity contribution in [1.29, 1.82) is 0 Å². The zero-order valence-electron chi connectivity index (χ0n) is 36.1. The number of pyridine rings is 1. The second-order valence-corrected chi connectivity index (χ2v) is 17.8. The number of hydrogen-bond donors (Lipinski definition) is 4. The number of methoxy groups -OCH3 is 1. The molecule has 5 amide bonds. The zero-order valence-corrected chi connectivity index (χ0v) is 36.1. The summed E-state index contributed by atoms with van der Waals surface area (Å²) < 4.78 is 4.72. The van der Waals surface area contributed by atoms with Gasteiger partial charge in [-0.2, -0.15) is 0 Å². The van der Waals surface area contributed by atoms with Crippen LogP contribution >= 0.6 is 0 Å². The molecular formula is C48H62N6O6. The van der Waals surface area contributed by atoms with Crippen LogP contribution in [0.5, 0.6) is 0 Å². The number of aryl methyl sites for hydroxylation is 1. The molecule has 3 aromatic carbocycles. The van der Waals surface area contributed by atoms with E-state index in [0.717, 1.165) is 33.5 Å². The third-order valence-electron chi connectivity index (χ3n) is 10.9. The number of nitrogens with one attached hydrogen (secondary N) is 3. The van der Waals surface area contributed by atoms with Gasteiger partial charge < -0.3 is 35.6 Å². The van der Waals surface area contributed by atoms with Crippen molar-refractivity contribution in [2.24, 2.45) is 10.8 Å². The Bertz CT molecular complexity index is 2020. The molecule has 4 atom stereocenters. The van der Waals surface area contributed by atoms with E-state index < -0.39 is 41.2 Å². The highest BCUT2D eigenvalue weighted by molar-refractivity contribution is 5.89. The number of urea groups is 1. The lowest BCUT2D eigenvalue weighted by Crippen LogP contribution is -2.58. The molecular weight excluding hydrogens is 757 g/mol. The number of hydrogen-bond acceptors (Lipinski definition) is 7. The summed E-state index contributed by atoms with van der Waals surface area (Å²) in [6.07, 6.45) is 1.12. The summed E-state index contributed by atoms with van der Waals surface area (Å²) in [5, 5.41) is 21.2. The summed E-state index contributed by atoms with van der Waals surface area (Å²) in [7, 11) is 1.29. The quantitative estimate of drug-likeness (QED) is 0.0874. The van der Waals surface area contributed by atoms with Crippen LogP contribution in [-0.2, 0) is 33.7 Å². The van der Waals surface area contributed by atoms with Crippen LogP contribution in [0.4, 0.5) is 9.59 Å². The molecule has 320 valence electrons. The van der Waals surface area contributed by atoms with E-state index in [1.54, 1.807) is 9.80 Å². The lowest BCUT2D eigenvalue weighted by molar-refractivity contribution is -0.130. The first-order valence-electron chi connectivity index (χ1n) is 20.8. The smallest absolute Gasteiger partial charge is 0.406 e. The standard InChI is InChI=1S/C48H62N6O6/c1-33-18-23-39(49-30-33)37-21-19-35(20-22-37)26-38(51-42(56)29-48(5,6)32-50-45(58)60-7)28-41(55)40(27-34-14-10-8-11-15-34)52-44(57)43(47(2,3)4)54-25-24-53(46(54)59)31-36-16-12-9-13-17-36/h8-23,30,38,40-41,43,55H,24-29,31-32H2,1-7H3,(H,50,58)(H,51,56)(H,52,57). The number of aliphatic hydroxyl groups is 1. The predicted molar refractivity (Wildman–Crippen MR) is 234 cm³/mol. The van der Waals surface area contributed by atoms with Crippen LogP contribution in [0, 0.1) is 17.8 Å². The summed E-state index contributed by atoms with van der Waals surface area (Å²) >= 11 is 0. The van der Waals surface area contributed by atoms with Gasteiger partial charge in [-0.05, 0) is 65.3 Å². The van der Waals surface area contributed by atoms with Crippen LogP contribution in [0.1, 0.15) is 69.7 Å². The highest BCUT2D eigenvalue weighted by Crippen LogP contribution is 2.29. The fourth-order valence-electron chi connectivity index (χ4n) is 7.75. The number of ether oxygens (including phenoxy) is 1. The Morgan fingerprint density at radius 1 is 0.817 bits per heavy atom. The third-order valence-corrected chi connectivity index (χ3v) is 10.9. The molecule has 4 unspecified atom stereocenters. The minimum Gasteiger partial charge on any atom is -0.453 e. The molecule has 0 saturated carbocycles. The molecule has 1 aromatic heterocycles. The first-order valence-corrected chi connectivity index (χ1v) is 20.8. The fourth-order valence-corrected chi connectivity index (χ4v) is 7.75. The summed E-state index contributed by atoms with van der Waals surface area (Å²) in [5.41, 5.74) is 4.53. The molecule has 0 aliphatic carbocycles. The summed E-state index contributed by atoms with van der Waals surface area (Å²) in [6.45, 7) is 13.1. The topological polar surface area (TPSA) is 153 Å². The van der Waals surface area contributed by atoms with Crippen LogP contribution in [0.25, 0.3) is 11.3 Å². The van der Waals surface area contributed by atoms with Crippen molar-refractivity contribution < 1.29 is 29.0 Å². The summed E-state index contributed by atoms with van der Waals surface area (Å²) in [5.74, 6) is -0.591. The predicted octanol–water partition coefficient (Wildman–Crippen LogP) is 6.69. The van der Waals surface area contributed by atoms with Gasteiger partial charge in [0.2, 0.25) is 11.8 Å². The normalized spacial score (nSPS) is 15.2. The maximum atomic E-state index is 14.6. The number of alkyl carbamates (subject to hydrolysis) is 1. The van der Waals surface area contributed by atoms with Crippen LogP contribution in [0.3, 0.4) is 0 Å². The molecule has 2 heterocycles. The third kappa shape index (κ3) is 13.1. The van der Waals surface area contributed by atoms with Crippen molar-refractivity contribution >= 4 is 23.9 Å². The van der Waals surface area contributed by atoms with Gasteiger partial charge in [0.05, 0.1) is 24.9 Å². The summed E-state index contributed by atoms with van der Waals surface area (Å²) in [4.78, 5) is 61.9. The van der Waals surface area contributed by atoms with E-state index in [1.807, 2.05) is 145 Å². The number of nitrogens with zero attached hydrogens (tertiary/aromatic N) is 3. The number of benzene rings is 3. The van der Waals surface area contributed by atoms with E-state index in [0.29, 0.717) is 32.5 Å². The molecule has 60 heavy (non-hydrogen) atoms. The highest BCUT2D eigenvalue weighted by atomic mass is 16.5. The van der Waals surface area contributed by atoms with Crippen molar-refractivity contribution in [3.8, 4) is 11.3 Å². The molecule has 1 aliphatic rings. The molecule has 0 radical (unpaired) electrons. The fraction of sp³-hybridized carbons (Fsp3) is 0.438. The van der Waals surface area contributed by atoms with Crippen molar-refractivity contribution in [3.05, 3.63) is 126 Å². The van der Waals surface area contributed by atoms with E-state index in [1.165, 1.54) is 7.11 Å². The Hall–Kier alpha value is -5.75. The van der Waals surface area contributed by atoms with Gasteiger partial charge >= 0.3 is 12.1 Å². The first-order chi connectivity index (χ1) is 28.5. The van der Waals surface area contributed by atoms with E-state index in [-0.39, 0.29) is 37.2 Å². The molecule has 0 spiro atoms. The van der Waals surface area contributed by atoms with Crippen LogP contribution in [-0.4, -0.2) is 94.8 Å².